The van der Waals surface area contributed by atoms with E-state index in [9.17, 15) is 13.2 Å². The van der Waals surface area contributed by atoms with Gasteiger partial charge in [0.25, 0.3) is 5.89 Å². The zero-order valence-electron chi connectivity index (χ0n) is 21.3. The van der Waals surface area contributed by atoms with Gasteiger partial charge in [0.2, 0.25) is 5.89 Å². The van der Waals surface area contributed by atoms with Crippen LogP contribution in [-0.2, 0) is 19.5 Å². The first-order valence-electron chi connectivity index (χ1n) is 13.4. The lowest BCUT2D eigenvalue weighted by molar-refractivity contribution is -0.0234. The van der Waals surface area contributed by atoms with Crippen LogP contribution in [0.1, 0.15) is 48.3 Å². The van der Waals surface area contributed by atoms with Crippen molar-refractivity contribution in [2.75, 3.05) is 19.6 Å². The summed E-state index contributed by atoms with van der Waals surface area (Å²) in [6, 6.07) is 12.3. The molecule has 2 aliphatic heterocycles. The van der Waals surface area contributed by atoms with Crippen LogP contribution in [0.2, 0.25) is 0 Å². The second kappa shape index (κ2) is 9.87. The molecule has 3 aliphatic rings. The Balaban J connectivity index is 1.00. The standard InChI is InChI=1S/C28H28F3N7O/c29-24-11-19(27-33-34-28(39-27)26(30)31)5-7-21(24)13-38-16-25(32-35-38)18-4-6-20-12-36(9-8-17(20)10-18)23-14-37(15-23)22-2-1-3-22/h4-7,10-11,16,22-23,26H,1-3,8-9,12-15H2. The Morgan fingerprint density at radius 1 is 0.923 bits per heavy atom. The third-order valence-corrected chi connectivity index (χ3v) is 8.34. The number of likely N-dealkylation sites (tertiary alicyclic amines) is 1. The molecule has 1 saturated carbocycles. The van der Waals surface area contributed by atoms with Crippen LogP contribution in [0, 0.1) is 5.82 Å². The normalized spacial score (nSPS) is 18.8. The first kappa shape index (κ1) is 24.5. The molecular formula is C28H28F3N7O. The number of nitrogens with zero attached hydrogens (tertiary/aromatic N) is 7. The summed E-state index contributed by atoms with van der Waals surface area (Å²) >= 11 is 0. The van der Waals surface area contributed by atoms with Crippen LogP contribution in [0.4, 0.5) is 13.2 Å². The first-order valence-corrected chi connectivity index (χ1v) is 13.4. The lowest BCUT2D eigenvalue weighted by Gasteiger charge is -2.52. The van der Waals surface area contributed by atoms with E-state index in [0.29, 0.717) is 11.6 Å². The van der Waals surface area contributed by atoms with E-state index in [-0.39, 0.29) is 18.0 Å². The van der Waals surface area contributed by atoms with Crippen LogP contribution in [0.15, 0.2) is 47.0 Å². The van der Waals surface area contributed by atoms with Gasteiger partial charge in [-0.1, -0.05) is 29.8 Å². The number of alkyl halides is 2. The predicted molar refractivity (Wildman–Crippen MR) is 136 cm³/mol. The van der Waals surface area contributed by atoms with Gasteiger partial charge in [-0.05, 0) is 48.6 Å². The smallest absolute Gasteiger partial charge is 0.314 e. The molecule has 2 aromatic carbocycles. The van der Waals surface area contributed by atoms with Crippen LogP contribution < -0.4 is 0 Å². The summed E-state index contributed by atoms with van der Waals surface area (Å²) in [6.45, 7) is 4.66. The second-order valence-electron chi connectivity index (χ2n) is 10.8. The molecule has 4 heterocycles. The number of hydrogen-bond acceptors (Lipinski definition) is 7. The minimum atomic E-state index is -2.88. The fraction of sp³-hybridized carbons (Fsp3) is 0.429. The summed E-state index contributed by atoms with van der Waals surface area (Å²) in [5.74, 6) is -1.47. The average molecular weight is 536 g/mol. The Bertz CT molecular complexity index is 1490. The monoisotopic (exact) mass is 535 g/mol. The molecule has 0 bridgehead atoms. The van der Waals surface area contributed by atoms with Crippen LogP contribution in [0.5, 0.6) is 0 Å². The van der Waals surface area contributed by atoms with E-state index in [2.05, 4.69) is 48.5 Å². The van der Waals surface area contributed by atoms with Gasteiger partial charge in [-0.15, -0.1) is 15.3 Å². The fourth-order valence-corrected chi connectivity index (χ4v) is 5.75. The van der Waals surface area contributed by atoms with Gasteiger partial charge in [-0.25, -0.2) is 9.07 Å². The topological polar surface area (TPSA) is 76.1 Å². The van der Waals surface area contributed by atoms with E-state index in [0.717, 1.165) is 36.8 Å². The van der Waals surface area contributed by atoms with E-state index < -0.39 is 18.1 Å². The van der Waals surface area contributed by atoms with Crippen molar-refractivity contribution in [1.82, 2.24) is 35.0 Å². The molecule has 0 radical (unpaired) electrons. The Morgan fingerprint density at radius 3 is 2.51 bits per heavy atom. The maximum absolute atomic E-state index is 14.8. The summed E-state index contributed by atoms with van der Waals surface area (Å²) in [5, 5.41) is 15.4. The van der Waals surface area contributed by atoms with E-state index >= 15 is 0 Å². The summed E-state index contributed by atoms with van der Waals surface area (Å²) < 4.78 is 46.7. The van der Waals surface area contributed by atoms with Crippen LogP contribution in [0.3, 0.4) is 0 Å². The van der Waals surface area contributed by atoms with Crippen molar-refractivity contribution in [1.29, 1.82) is 0 Å². The minimum absolute atomic E-state index is 0.155. The molecule has 4 aromatic rings. The lowest BCUT2D eigenvalue weighted by Crippen LogP contribution is -2.63. The van der Waals surface area contributed by atoms with Gasteiger partial charge in [-0.2, -0.15) is 8.78 Å². The quantitative estimate of drug-likeness (QED) is 0.339. The highest BCUT2D eigenvalue weighted by atomic mass is 19.3. The maximum Gasteiger partial charge on any atom is 0.314 e. The SMILES string of the molecule is Fc1cc(-c2nnc(C(F)F)o2)ccc1Cn1cc(-c2ccc3c(c2)CCN(C2CN(C4CCC4)C2)C3)nn1. The third kappa shape index (κ3) is 4.74. The highest BCUT2D eigenvalue weighted by molar-refractivity contribution is 5.60. The predicted octanol–water partition coefficient (Wildman–Crippen LogP) is 4.71. The van der Waals surface area contributed by atoms with Gasteiger partial charge in [0, 0.05) is 55.0 Å². The fourth-order valence-electron chi connectivity index (χ4n) is 5.75. The zero-order chi connectivity index (χ0) is 26.5. The molecule has 39 heavy (non-hydrogen) atoms. The molecule has 0 N–H and O–H groups in total. The highest BCUT2D eigenvalue weighted by Gasteiger charge is 2.38. The number of rotatable bonds is 7. The number of benzene rings is 2. The van der Waals surface area contributed by atoms with E-state index in [1.54, 1.807) is 23.0 Å². The molecular weight excluding hydrogens is 507 g/mol. The molecule has 2 fully saturated rings. The van der Waals surface area contributed by atoms with Crippen molar-refractivity contribution >= 4 is 0 Å². The maximum atomic E-state index is 14.8. The van der Waals surface area contributed by atoms with E-state index in [4.69, 9.17) is 4.42 Å². The summed E-state index contributed by atoms with van der Waals surface area (Å²) in [5.41, 5.74) is 5.07. The molecule has 8 nitrogen and oxygen atoms in total. The van der Waals surface area contributed by atoms with Crippen molar-refractivity contribution < 1.29 is 17.6 Å². The van der Waals surface area contributed by atoms with Crippen LogP contribution >= 0.6 is 0 Å². The average Bonchev–Trinajstić information content (AvgIpc) is 3.56. The van der Waals surface area contributed by atoms with Crippen molar-refractivity contribution in [3.63, 3.8) is 0 Å². The van der Waals surface area contributed by atoms with Gasteiger partial charge < -0.3 is 4.42 Å². The largest absolute Gasteiger partial charge is 0.415 e. The Labute approximate surface area is 223 Å². The van der Waals surface area contributed by atoms with Crippen molar-refractivity contribution in [2.24, 2.45) is 0 Å². The van der Waals surface area contributed by atoms with E-state index in [1.165, 1.54) is 49.5 Å². The molecule has 7 rings (SSSR count). The summed E-state index contributed by atoms with van der Waals surface area (Å²) in [7, 11) is 0. The zero-order valence-corrected chi connectivity index (χ0v) is 21.3. The molecule has 2 aromatic heterocycles. The number of hydrogen-bond donors (Lipinski definition) is 0. The van der Waals surface area contributed by atoms with E-state index in [1.807, 2.05) is 0 Å². The molecule has 11 heteroatoms. The molecule has 202 valence electrons. The first-order chi connectivity index (χ1) is 19.0. The minimum Gasteiger partial charge on any atom is -0.415 e. The number of halogens is 3. The molecule has 0 spiro atoms. The molecule has 0 unspecified atom stereocenters. The van der Waals surface area contributed by atoms with Crippen LogP contribution in [0.25, 0.3) is 22.7 Å². The third-order valence-electron chi connectivity index (χ3n) is 8.34. The summed E-state index contributed by atoms with van der Waals surface area (Å²) in [4.78, 5) is 5.28. The molecule has 0 amide bonds. The van der Waals surface area contributed by atoms with Gasteiger partial charge in [0.05, 0.1) is 12.7 Å². The van der Waals surface area contributed by atoms with Gasteiger partial charge in [-0.3, -0.25) is 9.80 Å². The van der Waals surface area contributed by atoms with Gasteiger partial charge in [0.1, 0.15) is 11.5 Å². The van der Waals surface area contributed by atoms with Crippen molar-refractivity contribution in [2.45, 2.75) is 57.3 Å². The summed E-state index contributed by atoms with van der Waals surface area (Å²) in [6.07, 6.45) is 4.08. The van der Waals surface area contributed by atoms with Gasteiger partial charge in [0.15, 0.2) is 0 Å². The highest BCUT2D eigenvalue weighted by Crippen LogP contribution is 2.33. The molecule has 0 atom stereocenters. The van der Waals surface area contributed by atoms with Crippen LogP contribution in [-0.4, -0.2) is 66.7 Å². The Morgan fingerprint density at radius 2 is 1.77 bits per heavy atom. The Hall–Kier alpha value is -3.57. The number of aromatic nitrogens is 5. The van der Waals surface area contributed by atoms with Crippen molar-refractivity contribution in [3.05, 3.63) is 71.0 Å². The second-order valence-corrected chi connectivity index (χ2v) is 10.8. The molecule has 1 saturated heterocycles. The number of fused-ring (bicyclic) bond motifs is 1. The molecule has 1 aliphatic carbocycles. The van der Waals surface area contributed by atoms with Crippen molar-refractivity contribution in [3.8, 4) is 22.7 Å². The van der Waals surface area contributed by atoms with Gasteiger partial charge >= 0.3 is 6.43 Å². The Kier molecular flexibility index (Phi) is 6.19. The lowest BCUT2D eigenvalue weighted by atomic mass is 9.87.